The molecule has 0 amide bonds. The van der Waals surface area contributed by atoms with E-state index < -0.39 is 0 Å². The average Bonchev–Trinajstić information content (AvgIpc) is 2.98. The van der Waals surface area contributed by atoms with Crippen LogP contribution < -0.4 is 10.6 Å². The van der Waals surface area contributed by atoms with E-state index >= 15 is 0 Å². The Morgan fingerprint density at radius 1 is 1.14 bits per heavy atom. The Morgan fingerprint density at radius 2 is 2.05 bits per heavy atom. The number of rotatable bonds is 4. The van der Waals surface area contributed by atoms with Crippen LogP contribution in [-0.2, 0) is 6.42 Å². The molecule has 2 N–H and O–H groups in total. The van der Waals surface area contributed by atoms with Crippen LogP contribution in [-0.4, -0.2) is 18.6 Å². The Labute approximate surface area is 129 Å². The normalized spacial score (nSPS) is 29.5. The molecule has 1 aromatic rings. The summed E-state index contributed by atoms with van der Waals surface area (Å²) in [6.07, 6.45) is 9.36. The third kappa shape index (κ3) is 3.26. The molecular weight excluding hydrogens is 256 g/mol. The Morgan fingerprint density at radius 3 is 2.81 bits per heavy atom. The van der Waals surface area contributed by atoms with Crippen LogP contribution in [0, 0.1) is 12.8 Å². The molecule has 0 spiro atoms. The summed E-state index contributed by atoms with van der Waals surface area (Å²) in [6, 6.07) is 8.11. The van der Waals surface area contributed by atoms with Crippen LogP contribution in [0.1, 0.15) is 56.6 Å². The predicted octanol–water partition coefficient (Wildman–Crippen LogP) is 4.28. The van der Waals surface area contributed by atoms with Gasteiger partial charge in [0.1, 0.15) is 0 Å². The van der Waals surface area contributed by atoms with Crippen LogP contribution in [0.3, 0.4) is 0 Å². The SMILES string of the molecule is CCc1cccc(C)c1NC1CCCC1C1CCCCN1. The van der Waals surface area contributed by atoms with E-state index in [9.17, 15) is 0 Å². The van der Waals surface area contributed by atoms with Crippen molar-refractivity contribution in [2.45, 2.75) is 70.9 Å². The van der Waals surface area contributed by atoms with Crippen LogP contribution >= 0.6 is 0 Å². The van der Waals surface area contributed by atoms with Crippen molar-refractivity contribution in [3.63, 3.8) is 0 Å². The number of benzene rings is 1. The maximum atomic E-state index is 3.94. The molecule has 2 fully saturated rings. The maximum absolute atomic E-state index is 3.94. The predicted molar refractivity (Wildman–Crippen MR) is 91.0 cm³/mol. The minimum absolute atomic E-state index is 0.659. The molecule has 21 heavy (non-hydrogen) atoms. The molecule has 1 aliphatic heterocycles. The van der Waals surface area contributed by atoms with Gasteiger partial charge in [0.05, 0.1) is 0 Å². The fraction of sp³-hybridized carbons (Fsp3) is 0.684. The molecule has 3 unspecified atom stereocenters. The third-order valence-corrected chi connectivity index (χ3v) is 5.50. The summed E-state index contributed by atoms with van der Waals surface area (Å²) in [7, 11) is 0. The molecular formula is C19H30N2. The molecule has 0 bridgehead atoms. The van der Waals surface area contributed by atoms with Gasteiger partial charge in [-0.15, -0.1) is 0 Å². The van der Waals surface area contributed by atoms with Crippen LogP contribution in [0.5, 0.6) is 0 Å². The van der Waals surface area contributed by atoms with Gasteiger partial charge in [0.15, 0.2) is 0 Å². The summed E-state index contributed by atoms with van der Waals surface area (Å²) in [4.78, 5) is 0. The number of hydrogen-bond donors (Lipinski definition) is 2. The minimum Gasteiger partial charge on any atom is -0.382 e. The Bertz CT molecular complexity index is 463. The lowest BCUT2D eigenvalue weighted by Crippen LogP contribution is -2.44. The lowest BCUT2D eigenvalue weighted by atomic mass is 9.88. The van der Waals surface area contributed by atoms with Gasteiger partial charge in [0.25, 0.3) is 0 Å². The second-order valence-electron chi connectivity index (χ2n) is 6.86. The first-order valence-electron chi connectivity index (χ1n) is 8.88. The number of aryl methyl sites for hydroxylation is 2. The summed E-state index contributed by atoms with van der Waals surface area (Å²) >= 11 is 0. The van der Waals surface area contributed by atoms with Gasteiger partial charge in [-0.1, -0.05) is 38.0 Å². The highest BCUT2D eigenvalue weighted by atomic mass is 15.0. The van der Waals surface area contributed by atoms with Gasteiger partial charge in [0.2, 0.25) is 0 Å². The Hall–Kier alpha value is -1.02. The number of piperidine rings is 1. The second-order valence-corrected chi connectivity index (χ2v) is 6.86. The molecule has 1 saturated carbocycles. The van der Waals surface area contributed by atoms with Crippen molar-refractivity contribution in [1.29, 1.82) is 0 Å². The summed E-state index contributed by atoms with van der Waals surface area (Å²) in [5, 5.41) is 7.72. The van der Waals surface area contributed by atoms with Crippen molar-refractivity contribution >= 4 is 5.69 Å². The third-order valence-electron chi connectivity index (χ3n) is 5.50. The number of hydrogen-bond acceptors (Lipinski definition) is 2. The largest absolute Gasteiger partial charge is 0.382 e. The summed E-state index contributed by atoms with van der Waals surface area (Å²) in [5.74, 6) is 0.814. The first kappa shape index (κ1) is 14.9. The van der Waals surface area contributed by atoms with E-state index in [1.807, 2.05) is 0 Å². The van der Waals surface area contributed by atoms with Gasteiger partial charge in [-0.2, -0.15) is 0 Å². The number of para-hydroxylation sites is 1. The molecule has 1 saturated heterocycles. The van der Waals surface area contributed by atoms with Gasteiger partial charge in [-0.25, -0.2) is 0 Å². The molecule has 3 rings (SSSR count). The summed E-state index contributed by atoms with van der Waals surface area (Å²) in [6.45, 7) is 5.72. The zero-order chi connectivity index (χ0) is 14.7. The lowest BCUT2D eigenvalue weighted by molar-refractivity contribution is 0.286. The molecule has 1 aliphatic carbocycles. The van der Waals surface area contributed by atoms with Gasteiger partial charge < -0.3 is 10.6 Å². The van der Waals surface area contributed by atoms with Crippen molar-refractivity contribution in [2.75, 3.05) is 11.9 Å². The molecule has 2 aliphatic rings. The molecule has 3 atom stereocenters. The van der Waals surface area contributed by atoms with Gasteiger partial charge in [-0.05, 0) is 62.6 Å². The topological polar surface area (TPSA) is 24.1 Å². The van der Waals surface area contributed by atoms with Crippen molar-refractivity contribution in [3.05, 3.63) is 29.3 Å². The standard InChI is InChI=1S/C19H30N2/c1-3-15-9-6-8-14(2)19(15)21-18-12-7-10-16(18)17-11-4-5-13-20-17/h6,8-9,16-18,20-21H,3-5,7,10-13H2,1-2H3. The minimum atomic E-state index is 0.659. The maximum Gasteiger partial charge on any atom is 0.0404 e. The van der Waals surface area contributed by atoms with Crippen LogP contribution in [0.15, 0.2) is 18.2 Å². The summed E-state index contributed by atoms with van der Waals surface area (Å²) < 4.78 is 0. The van der Waals surface area contributed by atoms with E-state index in [1.165, 1.54) is 61.9 Å². The van der Waals surface area contributed by atoms with Crippen LogP contribution in [0.25, 0.3) is 0 Å². The van der Waals surface area contributed by atoms with E-state index in [4.69, 9.17) is 0 Å². The van der Waals surface area contributed by atoms with Crippen molar-refractivity contribution < 1.29 is 0 Å². The monoisotopic (exact) mass is 286 g/mol. The van der Waals surface area contributed by atoms with E-state index in [-0.39, 0.29) is 0 Å². The fourth-order valence-corrected chi connectivity index (χ4v) is 4.31. The molecule has 0 radical (unpaired) electrons. The van der Waals surface area contributed by atoms with E-state index in [1.54, 1.807) is 0 Å². The Balaban J connectivity index is 1.74. The van der Waals surface area contributed by atoms with Gasteiger partial charge in [0, 0.05) is 17.8 Å². The smallest absolute Gasteiger partial charge is 0.0404 e. The second kappa shape index (κ2) is 6.83. The highest BCUT2D eigenvalue weighted by molar-refractivity contribution is 5.58. The molecule has 1 heterocycles. The van der Waals surface area contributed by atoms with E-state index in [0.29, 0.717) is 6.04 Å². The Kier molecular flexibility index (Phi) is 4.84. The van der Waals surface area contributed by atoms with E-state index in [2.05, 4.69) is 42.7 Å². The average molecular weight is 286 g/mol. The zero-order valence-electron chi connectivity index (χ0n) is 13.6. The van der Waals surface area contributed by atoms with Crippen molar-refractivity contribution in [2.24, 2.45) is 5.92 Å². The molecule has 1 aromatic carbocycles. The lowest BCUT2D eigenvalue weighted by Gasteiger charge is -2.34. The number of anilines is 1. The number of nitrogens with one attached hydrogen (secondary N) is 2. The van der Waals surface area contributed by atoms with Crippen LogP contribution in [0.2, 0.25) is 0 Å². The quantitative estimate of drug-likeness (QED) is 0.863. The summed E-state index contributed by atoms with van der Waals surface area (Å²) in [5.41, 5.74) is 4.28. The van der Waals surface area contributed by atoms with Crippen molar-refractivity contribution in [1.82, 2.24) is 5.32 Å². The van der Waals surface area contributed by atoms with Crippen LogP contribution in [0.4, 0.5) is 5.69 Å². The van der Waals surface area contributed by atoms with Gasteiger partial charge in [-0.3, -0.25) is 0 Å². The highest BCUT2D eigenvalue weighted by Crippen LogP contribution is 2.35. The molecule has 2 nitrogen and oxygen atoms in total. The zero-order valence-corrected chi connectivity index (χ0v) is 13.6. The highest BCUT2D eigenvalue weighted by Gasteiger charge is 2.34. The van der Waals surface area contributed by atoms with E-state index in [0.717, 1.165) is 18.4 Å². The van der Waals surface area contributed by atoms with Gasteiger partial charge >= 0.3 is 0 Å². The van der Waals surface area contributed by atoms with Crippen molar-refractivity contribution in [3.8, 4) is 0 Å². The molecule has 2 heteroatoms. The fourth-order valence-electron chi connectivity index (χ4n) is 4.31. The first-order valence-corrected chi connectivity index (χ1v) is 8.88. The molecule has 116 valence electrons. The first-order chi connectivity index (χ1) is 10.3. The molecule has 0 aromatic heterocycles.